The summed E-state index contributed by atoms with van der Waals surface area (Å²) in [7, 11) is 4.52. The Kier molecular flexibility index (Phi) is 11.6. The average Bonchev–Trinajstić information content (AvgIpc) is 2.74. The fourth-order valence-corrected chi connectivity index (χ4v) is 3.36. The van der Waals surface area contributed by atoms with E-state index in [2.05, 4.69) is 15.6 Å². The first kappa shape index (κ1) is 26.0. The second-order valence-electron chi connectivity index (χ2n) is 6.15. The molecule has 30 heavy (non-hydrogen) atoms. The van der Waals surface area contributed by atoms with Crippen molar-refractivity contribution >= 4 is 47.7 Å². The van der Waals surface area contributed by atoms with Crippen LogP contribution < -0.4 is 15.4 Å². The molecule has 0 aliphatic carbocycles. The van der Waals surface area contributed by atoms with E-state index in [1.54, 1.807) is 43.1 Å². The summed E-state index contributed by atoms with van der Waals surface area (Å²) >= 11 is 1.65. The highest BCUT2D eigenvalue weighted by molar-refractivity contribution is 14.0. The van der Waals surface area contributed by atoms with Crippen LogP contribution in [0.2, 0.25) is 0 Å². The highest BCUT2D eigenvalue weighted by Gasteiger charge is 2.13. The highest BCUT2D eigenvalue weighted by atomic mass is 127. The summed E-state index contributed by atoms with van der Waals surface area (Å²) in [4.78, 5) is 16.1. The molecule has 0 aromatic heterocycles. The van der Waals surface area contributed by atoms with E-state index in [0.717, 1.165) is 22.4 Å². The van der Waals surface area contributed by atoms with Crippen LogP contribution in [0.1, 0.15) is 27.0 Å². The maximum atomic E-state index is 13.5. The summed E-state index contributed by atoms with van der Waals surface area (Å²) in [6.07, 6.45) is 1.99. The maximum Gasteiger partial charge on any atom is 0.341 e. The number of hydrogen-bond donors (Lipinski definition) is 2. The number of carbonyl (C=O) groups excluding carboxylic acids is 1. The lowest BCUT2D eigenvalue weighted by Crippen LogP contribution is -2.36. The van der Waals surface area contributed by atoms with Gasteiger partial charge in [0.05, 0.1) is 14.2 Å². The van der Waals surface area contributed by atoms with Crippen molar-refractivity contribution in [2.45, 2.75) is 18.8 Å². The van der Waals surface area contributed by atoms with Crippen molar-refractivity contribution in [3.8, 4) is 5.75 Å². The molecule has 0 spiro atoms. The molecule has 2 aromatic carbocycles. The average molecular weight is 547 g/mol. The number of aliphatic imine (C=N–C) groups is 1. The molecule has 0 unspecified atom stereocenters. The van der Waals surface area contributed by atoms with Gasteiger partial charge < -0.3 is 20.1 Å². The zero-order valence-electron chi connectivity index (χ0n) is 17.5. The number of ether oxygens (including phenoxy) is 2. The molecule has 9 heteroatoms. The third-order valence-electron chi connectivity index (χ3n) is 4.27. The predicted octanol–water partition coefficient (Wildman–Crippen LogP) is 3.97. The fourth-order valence-electron chi connectivity index (χ4n) is 2.78. The first-order valence-corrected chi connectivity index (χ1v) is 10.4. The quantitative estimate of drug-likeness (QED) is 0.226. The van der Waals surface area contributed by atoms with E-state index in [-0.39, 0.29) is 29.8 Å². The highest BCUT2D eigenvalue weighted by Crippen LogP contribution is 2.21. The van der Waals surface area contributed by atoms with Gasteiger partial charge in [0, 0.05) is 25.9 Å². The third-order valence-corrected chi connectivity index (χ3v) is 4.87. The molecule has 0 amide bonds. The number of carbonyl (C=O) groups is 1. The minimum atomic E-state index is -0.455. The predicted molar refractivity (Wildman–Crippen MR) is 130 cm³/mol. The van der Waals surface area contributed by atoms with E-state index < -0.39 is 5.97 Å². The molecule has 0 saturated carbocycles. The number of thioether (sulfide) groups is 1. The van der Waals surface area contributed by atoms with Gasteiger partial charge in [0.15, 0.2) is 5.96 Å². The number of benzene rings is 2. The zero-order valence-corrected chi connectivity index (χ0v) is 20.6. The van der Waals surface area contributed by atoms with Gasteiger partial charge in [0.2, 0.25) is 0 Å². The minimum Gasteiger partial charge on any atom is -0.496 e. The van der Waals surface area contributed by atoms with Gasteiger partial charge in [-0.05, 0) is 47.2 Å². The van der Waals surface area contributed by atoms with Crippen LogP contribution in [-0.4, -0.2) is 39.5 Å². The van der Waals surface area contributed by atoms with Gasteiger partial charge in [-0.15, -0.1) is 24.0 Å². The second-order valence-corrected chi connectivity index (χ2v) is 7.02. The third kappa shape index (κ3) is 7.35. The molecule has 0 saturated heterocycles. The molecule has 0 aliphatic rings. The Labute approximate surface area is 198 Å². The SMILES string of the molecule is CN=C(NCc1ccc(OC)c(C(=O)OC)c1)NCc1ccc(F)cc1CSC.I. The molecule has 2 N–H and O–H groups in total. The van der Waals surface area contributed by atoms with E-state index in [4.69, 9.17) is 9.47 Å². The molecule has 164 valence electrons. The Hall–Kier alpha value is -2.01. The molecular formula is C21H27FIN3O3S. The molecule has 0 heterocycles. The topological polar surface area (TPSA) is 72.0 Å². The lowest BCUT2D eigenvalue weighted by molar-refractivity contribution is 0.0597. The summed E-state index contributed by atoms with van der Waals surface area (Å²) in [5.41, 5.74) is 3.21. The Morgan fingerprint density at radius 3 is 2.47 bits per heavy atom. The molecule has 2 rings (SSSR count). The number of nitrogens with one attached hydrogen (secondary N) is 2. The Morgan fingerprint density at radius 2 is 1.83 bits per heavy atom. The number of guanidine groups is 1. The van der Waals surface area contributed by atoms with Crippen LogP contribution in [0.3, 0.4) is 0 Å². The number of hydrogen-bond acceptors (Lipinski definition) is 5. The number of esters is 1. The fraction of sp³-hybridized carbons (Fsp3) is 0.333. The Bertz CT molecular complexity index is 881. The van der Waals surface area contributed by atoms with Crippen molar-refractivity contribution in [3.63, 3.8) is 0 Å². The van der Waals surface area contributed by atoms with Crippen molar-refractivity contribution in [1.82, 2.24) is 10.6 Å². The van der Waals surface area contributed by atoms with Gasteiger partial charge in [0.1, 0.15) is 17.1 Å². The summed E-state index contributed by atoms with van der Waals surface area (Å²) in [5, 5.41) is 6.44. The monoisotopic (exact) mass is 547 g/mol. The largest absolute Gasteiger partial charge is 0.496 e. The smallest absolute Gasteiger partial charge is 0.341 e. The number of rotatable bonds is 8. The van der Waals surface area contributed by atoms with Crippen molar-refractivity contribution in [2.24, 2.45) is 4.99 Å². The number of nitrogens with zero attached hydrogens (tertiary/aromatic N) is 1. The van der Waals surface area contributed by atoms with Crippen molar-refractivity contribution in [1.29, 1.82) is 0 Å². The van der Waals surface area contributed by atoms with Crippen LogP contribution in [0.5, 0.6) is 5.75 Å². The van der Waals surface area contributed by atoms with Crippen molar-refractivity contribution < 1.29 is 18.7 Å². The molecule has 6 nitrogen and oxygen atoms in total. The minimum absolute atomic E-state index is 0. The first-order valence-electron chi connectivity index (χ1n) is 8.98. The number of halogens is 2. The molecule has 0 fully saturated rings. The van der Waals surface area contributed by atoms with Gasteiger partial charge in [-0.25, -0.2) is 9.18 Å². The van der Waals surface area contributed by atoms with Gasteiger partial charge in [-0.1, -0.05) is 12.1 Å². The molecule has 0 atom stereocenters. The summed E-state index contributed by atoms with van der Waals surface area (Å²) in [6, 6.07) is 10.1. The normalized spacial score (nSPS) is 10.8. The van der Waals surface area contributed by atoms with E-state index in [0.29, 0.717) is 30.4 Å². The Balaban J connectivity index is 0.00000450. The number of methoxy groups -OCH3 is 2. The summed E-state index contributed by atoms with van der Waals surface area (Å²) in [6.45, 7) is 0.973. The lowest BCUT2D eigenvalue weighted by Gasteiger charge is -2.15. The van der Waals surface area contributed by atoms with E-state index in [1.165, 1.54) is 20.3 Å². The van der Waals surface area contributed by atoms with Crippen LogP contribution in [0.25, 0.3) is 0 Å². The van der Waals surface area contributed by atoms with Crippen LogP contribution >= 0.6 is 35.7 Å². The van der Waals surface area contributed by atoms with Gasteiger partial charge in [-0.3, -0.25) is 4.99 Å². The Morgan fingerprint density at radius 1 is 1.10 bits per heavy atom. The molecule has 0 radical (unpaired) electrons. The van der Waals surface area contributed by atoms with Gasteiger partial charge >= 0.3 is 5.97 Å². The van der Waals surface area contributed by atoms with Crippen molar-refractivity contribution in [2.75, 3.05) is 27.5 Å². The standard InChI is InChI=1S/C21H26FN3O3S.HI/c1-23-21(25-12-15-6-7-17(22)10-16(15)13-29-4)24-11-14-5-8-19(27-2)18(9-14)20(26)28-3;/h5-10H,11-13H2,1-4H3,(H2,23,24,25);1H. The maximum absolute atomic E-state index is 13.5. The molecule has 2 aromatic rings. The molecule has 0 bridgehead atoms. The molecular weight excluding hydrogens is 520 g/mol. The van der Waals surface area contributed by atoms with Gasteiger partial charge in [-0.2, -0.15) is 11.8 Å². The molecule has 0 aliphatic heterocycles. The van der Waals surface area contributed by atoms with E-state index >= 15 is 0 Å². The second kappa shape index (κ2) is 13.3. The zero-order chi connectivity index (χ0) is 21.2. The van der Waals surface area contributed by atoms with E-state index in [1.807, 2.05) is 12.3 Å². The van der Waals surface area contributed by atoms with E-state index in [9.17, 15) is 9.18 Å². The summed E-state index contributed by atoms with van der Waals surface area (Å²) in [5.74, 6) is 1.11. The summed E-state index contributed by atoms with van der Waals surface area (Å²) < 4.78 is 23.5. The lowest BCUT2D eigenvalue weighted by atomic mass is 10.1. The van der Waals surface area contributed by atoms with Gasteiger partial charge in [0.25, 0.3) is 0 Å². The van der Waals surface area contributed by atoms with Crippen LogP contribution in [-0.2, 0) is 23.6 Å². The van der Waals surface area contributed by atoms with Crippen LogP contribution in [0, 0.1) is 5.82 Å². The first-order chi connectivity index (χ1) is 14.0. The van der Waals surface area contributed by atoms with Crippen LogP contribution in [0.15, 0.2) is 41.4 Å². The van der Waals surface area contributed by atoms with Crippen LogP contribution in [0.4, 0.5) is 4.39 Å². The van der Waals surface area contributed by atoms with Crippen molar-refractivity contribution in [3.05, 3.63) is 64.5 Å².